The standard InChI is InChI=1S/C14H22N4OS/c1-3-10-7-16-13(20-10)8-17-14(15-2)18-11-6-9-4-5-12(11)19-9/h7,9,11-12H,3-6,8H2,1-2H3,(H2,15,17,18). The van der Waals surface area contributed by atoms with Gasteiger partial charge < -0.3 is 15.4 Å². The summed E-state index contributed by atoms with van der Waals surface area (Å²) >= 11 is 1.76. The number of aliphatic imine (C=N–C) groups is 1. The monoisotopic (exact) mass is 294 g/mol. The summed E-state index contributed by atoms with van der Waals surface area (Å²) in [5, 5.41) is 7.93. The van der Waals surface area contributed by atoms with Crippen LogP contribution in [0.4, 0.5) is 0 Å². The molecule has 110 valence electrons. The highest BCUT2D eigenvalue weighted by Crippen LogP contribution is 2.34. The largest absolute Gasteiger partial charge is 0.373 e. The van der Waals surface area contributed by atoms with E-state index < -0.39 is 0 Å². The molecular formula is C14H22N4OS. The molecule has 2 N–H and O–H groups in total. The van der Waals surface area contributed by atoms with Gasteiger partial charge in [0.1, 0.15) is 5.01 Å². The van der Waals surface area contributed by atoms with Gasteiger partial charge in [0.2, 0.25) is 0 Å². The Balaban J connectivity index is 1.50. The van der Waals surface area contributed by atoms with Crippen LogP contribution in [0.1, 0.15) is 36.1 Å². The Hall–Kier alpha value is -1.14. The molecule has 0 aliphatic carbocycles. The molecule has 1 aromatic rings. The van der Waals surface area contributed by atoms with E-state index in [1.807, 2.05) is 13.2 Å². The number of fused-ring (bicyclic) bond motifs is 2. The molecule has 2 saturated heterocycles. The number of nitrogens with one attached hydrogen (secondary N) is 2. The van der Waals surface area contributed by atoms with Crippen molar-refractivity contribution in [2.45, 2.75) is 57.4 Å². The smallest absolute Gasteiger partial charge is 0.191 e. The summed E-state index contributed by atoms with van der Waals surface area (Å²) in [4.78, 5) is 10.0. The zero-order valence-corrected chi connectivity index (χ0v) is 12.9. The Morgan fingerprint density at radius 1 is 1.55 bits per heavy atom. The fourth-order valence-corrected chi connectivity index (χ4v) is 3.71. The molecule has 0 spiro atoms. The van der Waals surface area contributed by atoms with Crippen LogP contribution in [0, 0.1) is 0 Å². The van der Waals surface area contributed by atoms with Crippen LogP contribution in [0.15, 0.2) is 11.2 Å². The lowest BCUT2D eigenvalue weighted by molar-refractivity contribution is 0.0992. The van der Waals surface area contributed by atoms with E-state index in [1.165, 1.54) is 17.7 Å². The van der Waals surface area contributed by atoms with E-state index in [0.717, 1.165) is 30.4 Å². The first-order valence-corrected chi connectivity index (χ1v) is 8.16. The lowest BCUT2D eigenvalue weighted by Gasteiger charge is -2.22. The quantitative estimate of drug-likeness (QED) is 0.655. The Morgan fingerprint density at radius 3 is 3.05 bits per heavy atom. The molecule has 0 amide bonds. The summed E-state index contributed by atoms with van der Waals surface area (Å²) in [6, 6.07) is 0.405. The minimum absolute atomic E-state index is 0.366. The van der Waals surface area contributed by atoms with Crippen molar-refractivity contribution in [3.05, 3.63) is 16.1 Å². The summed E-state index contributed by atoms with van der Waals surface area (Å²) in [5.74, 6) is 0.847. The van der Waals surface area contributed by atoms with Gasteiger partial charge in [-0.1, -0.05) is 6.92 Å². The molecular weight excluding hydrogens is 272 g/mol. The minimum Gasteiger partial charge on any atom is -0.373 e. The third-order valence-electron chi connectivity index (χ3n) is 4.01. The van der Waals surface area contributed by atoms with E-state index in [9.17, 15) is 0 Å². The molecule has 3 unspecified atom stereocenters. The van der Waals surface area contributed by atoms with Crippen molar-refractivity contribution >= 4 is 17.3 Å². The summed E-state index contributed by atoms with van der Waals surface area (Å²) in [5.41, 5.74) is 0. The van der Waals surface area contributed by atoms with Crippen molar-refractivity contribution in [2.24, 2.45) is 4.99 Å². The molecule has 3 heterocycles. The fraction of sp³-hybridized carbons (Fsp3) is 0.714. The van der Waals surface area contributed by atoms with E-state index in [1.54, 1.807) is 11.3 Å². The number of rotatable bonds is 4. The molecule has 2 aliphatic heterocycles. The molecule has 3 atom stereocenters. The zero-order chi connectivity index (χ0) is 13.9. The fourth-order valence-electron chi connectivity index (χ4n) is 2.91. The van der Waals surface area contributed by atoms with Gasteiger partial charge >= 0.3 is 0 Å². The van der Waals surface area contributed by atoms with Crippen LogP contribution in [0.25, 0.3) is 0 Å². The Bertz CT molecular complexity index is 487. The molecule has 0 saturated carbocycles. The molecule has 2 aliphatic rings. The van der Waals surface area contributed by atoms with Gasteiger partial charge in [-0.3, -0.25) is 4.99 Å². The van der Waals surface area contributed by atoms with Crippen molar-refractivity contribution in [1.82, 2.24) is 15.6 Å². The zero-order valence-electron chi connectivity index (χ0n) is 12.1. The molecule has 2 bridgehead atoms. The van der Waals surface area contributed by atoms with Gasteiger partial charge in [0.15, 0.2) is 5.96 Å². The maximum Gasteiger partial charge on any atom is 0.191 e. The molecule has 1 aromatic heterocycles. The third-order valence-corrected chi connectivity index (χ3v) is 5.15. The van der Waals surface area contributed by atoms with Gasteiger partial charge in [-0.25, -0.2) is 4.98 Å². The number of hydrogen-bond donors (Lipinski definition) is 2. The molecule has 20 heavy (non-hydrogen) atoms. The highest BCUT2D eigenvalue weighted by molar-refractivity contribution is 7.11. The second-order valence-electron chi connectivity index (χ2n) is 5.36. The summed E-state index contributed by atoms with van der Waals surface area (Å²) in [7, 11) is 1.81. The number of aromatic nitrogens is 1. The van der Waals surface area contributed by atoms with E-state index in [4.69, 9.17) is 4.74 Å². The number of guanidine groups is 1. The first-order chi connectivity index (χ1) is 9.78. The lowest BCUT2D eigenvalue weighted by atomic mass is 9.96. The Morgan fingerprint density at radius 2 is 2.45 bits per heavy atom. The number of thiazole rings is 1. The van der Waals surface area contributed by atoms with E-state index >= 15 is 0 Å². The van der Waals surface area contributed by atoms with Crippen LogP contribution >= 0.6 is 11.3 Å². The normalized spacial score (nSPS) is 28.9. The lowest BCUT2D eigenvalue weighted by Crippen LogP contribution is -2.47. The van der Waals surface area contributed by atoms with Crippen LogP contribution in [-0.4, -0.2) is 36.2 Å². The van der Waals surface area contributed by atoms with Gasteiger partial charge in [0.05, 0.1) is 24.8 Å². The summed E-state index contributed by atoms with van der Waals surface area (Å²) in [6.45, 7) is 2.88. The molecule has 6 heteroatoms. The minimum atomic E-state index is 0.366. The average molecular weight is 294 g/mol. The predicted molar refractivity (Wildman–Crippen MR) is 81.1 cm³/mol. The van der Waals surface area contributed by atoms with E-state index in [2.05, 4.69) is 27.5 Å². The number of aryl methyl sites for hydroxylation is 1. The van der Waals surface area contributed by atoms with Crippen LogP contribution in [-0.2, 0) is 17.7 Å². The molecule has 5 nitrogen and oxygen atoms in total. The maximum atomic E-state index is 5.86. The van der Waals surface area contributed by atoms with Crippen LogP contribution in [0.5, 0.6) is 0 Å². The molecule has 0 radical (unpaired) electrons. The second kappa shape index (κ2) is 6.10. The van der Waals surface area contributed by atoms with Crippen molar-refractivity contribution in [3.63, 3.8) is 0 Å². The summed E-state index contributed by atoms with van der Waals surface area (Å²) < 4.78 is 5.86. The number of hydrogen-bond acceptors (Lipinski definition) is 4. The molecule has 2 fully saturated rings. The van der Waals surface area contributed by atoms with Gasteiger partial charge in [-0.2, -0.15) is 0 Å². The van der Waals surface area contributed by atoms with E-state index in [0.29, 0.717) is 18.2 Å². The number of nitrogens with zero attached hydrogens (tertiary/aromatic N) is 2. The van der Waals surface area contributed by atoms with Gasteiger partial charge in [0, 0.05) is 18.1 Å². The topological polar surface area (TPSA) is 58.5 Å². The highest BCUT2D eigenvalue weighted by Gasteiger charge is 2.41. The predicted octanol–water partition coefficient (Wildman–Crippen LogP) is 1.69. The van der Waals surface area contributed by atoms with Gasteiger partial charge in [-0.05, 0) is 25.7 Å². The van der Waals surface area contributed by atoms with Crippen LogP contribution in [0.3, 0.4) is 0 Å². The van der Waals surface area contributed by atoms with Gasteiger partial charge in [0.25, 0.3) is 0 Å². The third kappa shape index (κ3) is 2.96. The highest BCUT2D eigenvalue weighted by atomic mass is 32.1. The molecule has 0 aromatic carbocycles. The Kier molecular flexibility index (Phi) is 4.21. The van der Waals surface area contributed by atoms with Crippen molar-refractivity contribution in [1.29, 1.82) is 0 Å². The van der Waals surface area contributed by atoms with Crippen molar-refractivity contribution in [2.75, 3.05) is 7.05 Å². The maximum absolute atomic E-state index is 5.86. The average Bonchev–Trinajstić information content (AvgIpc) is 3.19. The second-order valence-corrected chi connectivity index (χ2v) is 6.56. The van der Waals surface area contributed by atoms with Crippen LogP contribution in [0.2, 0.25) is 0 Å². The van der Waals surface area contributed by atoms with Crippen LogP contribution < -0.4 is 10.6 Å². The first kappa shape index (κ1) is 13.8. The van der Waals surface area contributed by atoms with Crippen molar-refractivity contribution in [3.8, 4) is 0 Å². The Labute approximate surface area is 123 Å². The summed E-state index contributed by atoms with van der Waals surface area (Å²) in [6.07, 6.45) is 7.32. The van der Waals surface area contributed by atoms with Crippen molar-refractivity contribution < 1.29 is 4.74 Å². The SMILES string of the molecule is CCc1cnc(CNC(=NC)NC2CC3CCC2O3)s1. The van der Waals surface area contributed by atoms with E-state index in [-0.39, 0.29) is 0 Å². The van der Waals surface area contributed by atoms with Gasteiger partial charge in [-0.15, -0.1) is 11.3 Å². The first-order valence-electron chi connectivity index (χ1n) is 7.34. The number of ether oxygens (including phenoxy) is 1. The molecule has 3 rings (SSSR count).